The van der Waals surface area contributed by atoms with E-state index >= 15 is 0 Å². The number of nitrogens with one attached hydrogen (secondary N) is 1. The number of nitrogens with two attached hydrogens (primary N) is 1. The summed E-state index contributed by atoms with van der Waals surface area (Å²) in [5.41, 5.74) is 5.10. The molecule has 4 nitrogen and oxygen atoms in total. The van der Waals surface area contributed by atoms with E-state index in [2.05, 4.69) is 9.97 Å². The number of aromatic amines is 1. The molecule has 2 aromatic rings. The van der Waals surface area contributed by atoms with Crippen molar-refractivity contribution in [1.29, 1.82) is 0 Å². The lowest BCUT2D eigenvalue weighted by molar-refractivity contribution is -0.139. The number of aromatic nitrogens is 2. The Kier molecular flexibility index (Phi) is 3.14. The molecule has 0 unspecified atom stereocenters. The van der Waals surface area contributed by atoms with Crippen molar-refractivity contribution in [1.82, 2.24) is 9.97 Å². The van der Waals surface area contributed by atoms with Crippen molar-refractivity contribution >= 4 is 5.82 Å². The van der Waals surface area contributed by atoms with Crippen molar-refractivity contribution in [3.63, 3.8) is 0 Å². The van der Waals surface area contributed by atoms with Crippen molar-refractivity contribution in [2.24, 2.45) is 0 Å². The first-order valence-corrected chi connectivity index (χ1v) is 5.05. The van der Waals surface area contributed by atoms with E-state index in [1.807, 2.05) is 0 Å². The number of nitrogens with zero attached hydrogens (tertiary/aromatic N) is 1. The van der Waals surface area contributed by atoms with Gasteiger partial charge in [-0.15, -0.1) is 0 Å². The van der Waals surface area contributed by atoms with Crippen molar-refractivity contribution in [3.05, 3.63) is 41.9 Å². The van der Waals surface area contributed by atoms with E-state index in [0.717, 1.165) is 6.07 Å². The highest BCUT2D eigenvalue weighted by molar-refractivity contribution is 5.37. The number of anilines is 1. The number of benzene rings is 1. The number of H-pyrrole nitrogens is 1. The lowest BCUT2D eigenvalue weighted by Gasteiger charge is -2.13. The van der Waals surface area contributed by atoms with E-state index in [4.69, 9.17) is 10.5 Å². The zero-order valence-electron chi connectivity index (χ0n) is 9.16. The summed E-state index contributed by atoms with van der Waals surface area (Å²) in [4.78, 5) is 6.41. The van der Waals surface area contributed by atoms with E-state index in [-0.39, 0.29) is 18.2 Å². The Bertz CT molecular complexity index is 536. The molecule has 0 fully saturated rings. The summed E-state index contributed by atoms with van der Waals surface area (Å²) in [7, 11) is 0. The van der Waals surface area contributed by atoms with Gasteiger partial charge in [0.1, 0.15) is 18.2 Å². The first kappa shape index (κ1) is 12.3. The van der Waals surface area contributed by atoms with Crippen LogP contribution in [0.3, 0.4) is 0 Å². The van der Waals surface area contributed by atoms with Crippen LogP contribution in [0.5, 0.6) is 5.75 Å². The van der Waals surface area contributed by atoms with Crippen molar-refractivity contribution in [3.8, 4) is 5.75 Å². The van der Waals surface area contributed by atoms with Crippen LogP contribution in [0.15, 0.2) is 30.6 Å². The van der Waals surface area contributed by atoms with E-state index in [1.165, 1.54) is 24.5 Å². The molecule has 1 heterocycles. The Labute approximate surface area is 101 Å². The SMILES string of the molecule is Nc1nc[nH]c1COc1ccccc1C(F)(F)F. The lowest BCUT2D eigenvalue weighted by atomic mass is 10.2. The molecule has 0 aliphatic heterocycles. The van der Waals surface area contributed by atoms with E-state index in [1.54, 1.807) is 0 Å². The van der Waals surface area contributed by atoms with E-state index in [0.29, 0.717) is 5.69 Å². The van der Waals surface area contributed by atoms with Gasteiger partial charge in [-0.2, -0.15) is 13.2 Å². The van der Waals surface area contributed by atoms with Crippen molar-refractivity contribution < 1.29 is 17.9 Å². The van der Waals surface area contributed by atoms with Crippen LogP contribution in [0.4, 0.5) is 19.0 Å². The fourth-order valence-corrected chi connectivity index (χ4v) is 1.42. The van der Waals surface area contributed by atoms with Gasteiger partial charge in [0.25, 0.3) is 0 Å². The highest BCUT2D eigenvalue weighted by atomic mass is 19.4. The molecule has 7 heteroatoms. The van der Waals surface area contributed by atoms with E-state index < -0.39 is 11.7 Å². The van der Waals surface area contributed by atoms with Crippen LogP contribution >= 0.6 is 0 Å². The molecule has 0 amide bonds. The number of para-hydroxylation sites is 1. The minimum atomic E-state index is -4.45. The van der Waals surface area contributed by atoms with Crippen LogP contribution in [-0.2, 0) is 12.8 Å². The summed E-state index contributed by atoms with van der Waals surface area (Å²) in [6.45, 7) is -0.0983. The third kappa shape index (κ3) is 2.55. The van der Waals surface area contributed by atoms with Gasteiger partial charge in [-0.25, -0.2) is 4.98 Å². The maximum Gasteiger partial charge on any atom is 0.419 e. The monoisotopic (exact) mass is 257 g/mol. The normalized spacial score (nSPS) is 11.5. The molecular weight excluding hydrogens is 247 g/mol. The summed E-state index contributed by atoms with van der Waals surface area (Å²) in [5.74, 6) is -0.0292. The molecule has 2 rings (SSSR count). The number of imidazole rings is 1. The van der Waals surface area contributed by atoms with Gasteiger partial charge in [-0.05, 0) is 12.1 Å². The van der Waals surface area contributed by atoms with Gasteiger partial charge in [-0.3, -0.25) is 0 Å². The third-order valence-electron chi connectivity index (χ3n) is 2.32. The third-order valence-corrected chi connectivity index (χ3v) is 2.32. The van der Waals surface area contributed by atoms with E-state index in [9.17, 15) is 13.2 Å². The predicted molar refractivity (Wildman–Crippen MR) is 58.8 cm³/mol. The number of hydrogen-bond donors (Lipinski definition) is 2. The number of alkyl halides is 3. The molecule has 3 N–H and O–H groups in total. The molecule has 0 spiro atoms. The van der Waals surface area contributed by atoms with Gasteiger partial charge in [0.05, 0.1) is 17.6 Å². The second kappa shape index (κ2) is 4.59. The quantitative estimate of drug-likeness (QED) is 0.888. The van der Waals surface area contributed by atoms with Crippen LogP contribution in [0, 0.1) is 0 Å². The smallest absolute Gasteiger partial charge is 0.419 e. The van der Waals surface area contributed by atoms with Gasteiger partial charge < -0.3 is 15.5 Å². The second-order valence-electron chi connectivity index (χ2n) is 3.55. The zero-order chi connectivity index (χ0) is 13.2. The summed E-state index contributed by atoms with van der Waals surface area (Å²) < 4.78 is 43.1. The zero-order valence-corrected chi connectivity index (χ0v) is 9.16. The average Bonchev–Trinajstić information content (AvgIpc) is 2.71. The van der Waals surface area contributed by atoms with Crippen LogP contribution in [-0.4, -0.2) is 9.97 Å². The Morgan fingerprint density at radius 1 is 1.28 bits per heavy atom. The maximum atomic E-state index is 12.7. The molecule has 0 saturated heterocycles. The van der Waals surface area contributed by atoms with Crippen LogP contribution in [0.2, 0.25) is 0 Å². The largest absolute Gasteiger partial charge is 0.487 e. The Morgan fingerprint density at radius 3 is 2.61 bits per heavy atom. The van der Waals surface area contributed by atoms with Crippen molar-refractivity contribution in [2.45, 2.75) is 12.8 Å². The van der Waals surface area contributed by atoms with Crippen molar-refractivity contribution in [2.75, 3.05) is 5.73 Å². The molecule has 96 valence electrons. The average molecular weight is 257 g/mol. The minimum absolute atomic E-state index is 0.0983. The molecule has 0 saturated carbocycles. The molecular formula is C11H10F3N3O. The summed E-state index contributed by atoms with van der Waals surface area (Å²) >= 11 is 0. The number of halogens is 3. The molecule has 1 aromatic carbocycles. The van der Waals surface area contributed by atoms with Gasteiger partial charge in [0.15, 0.2) is 0 Å². The molecule has 0 radical (unpaired) electrons. The highest BCUT2D eigenvalue weighted by Gasteiger charge is 2.34. The fourth-order valence-electron chi connectivity index (χ4n) is 1.42. The Balaban J connectivity index is 2.17. The first-order valence-electron chi connectivity index (χ1n) is 5.05. The number of nitrogen functional groups attached to an aromatic ring is 1. The molecule has 0 aliphatic rings. The van der Waals surface area contributed by atoms with Crippen LogP contribution in [0.1, 0.15) is 11.3 Å². The summed E-state index contributed by atoms with van der Waals surface area (Å²) in [5, 5.41) is 0. The minimum Gasteiger partial charge on any atom is -0.487 e. The number of hydrogen-bond acceptors (Lipinski definition) is 3. The van der Waals surface area contributed by atoms with Crippen LogP contribution < -0.4 is 10.5 Å². The summed E-state index contributed by atoms with van der Waals surface area (Å²) in [6.07, 6.45) is -3.10. The van der Waals surface area contributed by atoms with Gasteiger partial charge in [0.2, 0.25) is 0 Å². The molecule has 0 aliphatic carbocycles. The van der Waals surface area contributed by atoms with Crippen LogP contribution in [0.25, 0.3) is 0 Å². The van der Waals surface area contributed by atoms with Gasteiger partial charge in [0, 0.05) is 0 Å². The maximum absolute atomic E-state index is 12.7. The number of rotatable bonds is 3. The Hall–Kier alpha value is -2.18. The highest BCUT2D eigenvalue weighted by Crippen LogP contribution is 2.36. The molecule has 18 heavy (non-hydrogen) atoms. The van der Waals surface area contributed by atoms with Gasteiger partial charge >= 0.3 is 6.18 Å². The fraction of sp³-hybridized carbons (Fsp3) is 0.182. The number of ether oxygens (including phenoxy) is 1. The summed E-state index contributed by atoms with van der Waals surface area (Å²) in [6, 6.07) is 5.00. The first-order chi connectivity index (χ1) is 8.48. The molecule has 1 aromatic heterocycles. The lowest BCUT2D eigenvalue weighted by Crippen LogP contribution is -2.09. The molecule has 0 atom stereocenters. The standard InChI is InChI=1S/C11H10F3N3O/c12-11(13,14)7-3-1-2-4-9(7)18-5-8-10(15)17-6-16-8/h1-4,6H,5,15H2,(H,16,17). The topological polar surface area (TPSA) is 63.9 Å². The molecule has 0 bridgehead atoms. The Morgan fingerprint density at radius 2 is 2.00 bits per heavy atom. The predicted octanol–water partition coefficient (Wildman–Crippen LogP) is 2.59. The second-order valence-corrected chi connectivity index (χ2v) is 3.55. The van der Waals surface area contributed by atoms with Gasteiger partial charge in [-0.1, -0.05) is 12.1 Å².